The van der Waals surface area contributed by atoms with Crippen LogP contribution in [0, 0.1) is 39.9 Å². The van der Waals surface area contributed by atoms with E-state index in [1.54, 1.807) is 0 Å². The Kier molecular flexibility index (Phi) is 2.98. The second-order valence-electron chi connectivity index (χ2n) is 9.66. The Bertz CT molecular complexity index is 683. The Labute approximate surface area is 149 Å². The molecule has 0 amide bonds. The second kappa shape index (κ2) is 4.69. The number of ether oxygens (including phenoxy) is 2. The standard InChI is InChI=1S/C21H28O4/c1-12-9-21-10-13(12)5-6-14(21)20-8-4-7-19(2,18(23)25-11-20)16(20)15(21)17(22)24-3/h13-16H,1,4-11H2,2-3H3/t13-,14+,15-,16-,19-,20-,21+/m1/s1. The van der Waals surface area contributed by atoms with Crippen LogP contribution in [-0.2, 0) is 19.1 Å². The van der Waals surface area contributed by atoms with Gasteiger partial charge < -0.3 is 9.47 Å². The van der Waals surface area contributed by atoms with E-state index in [0.29, 0.717) is 18.4 Å². The van der Waals surface area contributed by atoms with Crippen molar-refractivity contribution >= 4 is 11.9 Å². The van der Waals surface area contributed by atoms with Crippen LogP contribution in [0.1, 0.15) is 51.9 Å². The summed E-state index contributed by atoms with van der Waals surface area (Å²) < 4.78 is 11.1. The van der Waals surface area contributed by atoms with E-state index in [-0.39, 0.29) is 34.6 Å². The van der Waals surface area contributed by atoms with Crippen LogP contribution in [0.3, 0.4) is 0 Å². The lowest BCUT2D eigenvalue weighted by molar-refractivity contribution is -0.201. The van der Waals surface area contributed by atoms with Crippen LogP contribution in [0.25, 0.3) is 0 Å². The van der Waals surface area contributed by atoms with E-state index in [2.05, 4.69) is 13.5 Å². The molecule has 0 aromatic heterocycles. The lowest BCUT2D eigenvalue weighted by Gasteiger charge is -2.55. The average Bonchev–Trinajstić information content (AvgIpc) is 3.00. The van der Waals surface area contributed by atoms with Crippen molar-refractivity contribution in [1.29, 1.82) is 0 Å². The number of hydrogen-bond acceptors (Lipinski definition) is 4. The molecule has 7 atom stereocenters. The lowest BCUT2D eigenvalue weighted by atomic mass is 9.51. The molecule has 25 heavy (non-hydrogen) atoms. The highest BCUT2D eigenvalue weighted by Crippen LogP contribution is 2.78. The highest BCUT2D eigenvalue weighted by molar-refractivity contribution is 5.82. The number of carbonyl (C=O) groups is 2. The minimum absolute atomic E-state index is 0.0324. The highest BCUT2D eigenvalue weighted by atomic mass is 16.5. The third-order valence-corrected chi connectivity index (χ3v) is 8.94. The van der Waals surface area contributed by atoms with Crippen LogP contribution in [-0.4, -0.2) is 25.7 Å². The molecule has 0 aromatic rings. The molecule has 0 unspecified atom stereocenters. The molecule has 1 aliphatic heterocycles. The molecule has 0 N–H and O–H groups in total. The fourth-order valence-corrected chi connectivity index (χ4v) is 8.29. The zero-order valence-electron chi connectivity index (χ0n) is 15.3. The quantitative estimate of drug-likeness (QED) is 0.540. The maximum atomic E-state index is 13.1. The van der Waals surface area contributed by atoms with E-state index in [9.17, 15) is 9.59 Å². The fourth-order valence-electron chi connectivity index (χ4n) is 8.29. The molecule has 4 saturated carbocycles. The molecule has 1 saturated heterocycles. The molecule has 5 fully saturated rings. The van der Waals surface area contributed by atoms with E-state index in [0.717, 1.165) is 38.5 Å². The Morgan fingerprint density at radius 3 is 2.84 bits per heavy atom. The minimum atomic E-state index is -0.541. The van der Waals surface area contributed by atoms with Gasteiger partial charge >= 0.3 is 11.9 Å². The fraction of sp³-hybridized carbons (Fsp3) is 0.810. The summed E-state index contributed by atoms with van der Waals surface area (Å²) in [7, 11) is 1.50. The van der Waals surface area contributed by atoms with Crippen molar-refractivity contribution in [2.24, 2.45) is 39.9 Å². The summed E-state index contributed by atoms with van der Waals surface area (Å²) in [6.07, 6.45) is 7.28. The molecule has 0 radical (unpaired) electrons. The topological polar surface area (TPSA) is 52.6 Å². The van der Waals surface area contributed by atoms with Crippen molar-refractivity contribution in [3.05, 3.63) is 12.2 Å². The van der Waals surface area contributed by atoms with Gasteiger partial charge in [0.1, 0.15) is 0 Å². The van der Waals surface area contributed by atoms with Crippen LogP contribution in [0.15, 0.2) is 12.2 Å². The maximum Gasteiger partial charge on any atom is 0.312 e. The third kappa shape index (κ3) is 1.61. The summed E-state index contributed by atoms with van der Waals surface area (Å²) in [6.45, 7) is 6.91. The normalized spacial score (nSPS) is 53.0. The first-order valence-corrected chi connectivity index (χ1v) is 9.82. The number of carbonyl (C=O) groups excluding carboxylic acids is 2. The van der Waals surface area contributed by atoms with Gasteiger partial charge in [0.25, 0.3) is 0 Å². The Morgan fingerprint density at radius 1 is 1.28 bits per heavy atom. The number of hydrogen-bond donors (Lipinski definition) is 0. The molecule has 4 bridgehead atoms. The molecule has 1 spiro atoms. The number of cyclic esters (lactones) is 1. The monoisotopic (exact) mass is 344 g/mol. The maximum absolute atomic E-state index is 13.1. The highest BCUT2D eigenvalue weighted by Gasteiger charge is 2.78. The molecule has 4 heteroatoms. The average molecular weight is 344 g/mol. The van der Waals surface area contributed by atoms with E-state index in [1.807, 2.05) is 0 Å². The first kappa shape index (κ1) is 15.9. The third-order valence-electron chi connectivity index (χ3n) is 8.94. The molecule has 136 valence electrons. The van der Waals surface area contributed by atoms with Crippen LogP contribution < -0.4 is 0 Å². The zero-order valence-corrected chi connectivity index (χ0v) is 15.3. The number of allylic oxidation sites excluding steroid dienone is 1. The summed E-state index contributed by atoms with van der Waals surface area (Å²) >= 11 is 0. The van der Waals surface area contributed by atoms with E-state index >= 15 is 0 Å². The van der Waals surface area contributed by atoms with Crippen molar-refractivity contribution < 1.29 is 19.1 Å². The van der Waals surface area contributed by atoms with Crippen molar-refractivity contribution in [3.8, 4) is 0 Å². The van der Waals surface area contributed by atoms with Gasteiger partial charge in [0.2, 0.25) is 0 Å². The van der Waals surface area contributed by atoms with Gasteiger partial charge in [-0.25, -0.2) is 0 Å². The molecule has 5 rings (SSSR count). The van der Waals surface area contributed by atoms with Crippen LogP contribution in [0.2, 0.25) is 0 Å². The number of methoxy groups -OCH3 is 1. The summed E-state index contributed by atoms with van der Waals surface area (Å²) in [4.78, 5) is 25.9. The van der Waals surface area contributed by atoms with Crippen LogP contribution in [0.5, 0.6) is 0 Å². The summed E-state index contributed by atoms with van der Waals surface area (Å²) in [5, 5.41) is 0. The minimum Gasteiger partial charge on any atom is -0.469 e. The van der Waals surface area contributed by atoms with Gasteiger partial charge in [-0.1, -0.05) is 18.6 Å². The smallest absolute Gasteiger partial charge is 0.312 e. The van der Waals surface area contributed by atoms with Crippen molar-refractivity contribution in [1.82, 2.24) is 0 Å². The van der Waals surface area contributed by atoms with Gasteiger partial charge in [0.05, 0.1) is 25.0 Å². The number of fused-ring (bicyclic) bond motifs is 1. The van der Waals surface area contributed by atoms with Gasteiger partial charge in [0, 0.05) is 5.41 Å². The Morgan fingerprint density at radius 2 is 2.08 bits per heavy atom. The van der Waals surface area contributed by atoms with Crippen molar-refractivity contribution in [2.45, 2.75) is 51.9 Å². The Hall–Kier alpha value is -1.32. The number of rotatable bonds is 1. The van der Waals surface area contributed by atoms with Crippen molar-refractivity contribution in [2.75, 3.05) is 13.7 Å². The number of esters is 2. The molecule has 4 aliphatic carbocycles. The first-order chi connectivity index (χ1) is 11.9. The van der Waals surface area contributed by atoms with Crippen molar-refractivity contribution in [3.63, 3.8) is 0 Å². The predicted molar refractivity (Wildman–Crippen MR) is 91.4 cm³/mol. The van der Waals surface area contributed by atoms with Gasteiger partial charge in [-0.2, -0.15) is 0 Å². The largest absolute Gasteiger partial charge is 0.469 e. The van der Waals surface area contributed by atoms with Gasteiger partial charge in [0.15, 0.2) is 0 Å². The zero-order chi connectivity index (χ0) is 17.6. The molecule has 4 nitrogen and oxygen atoms in total. The molecule has 1 heterocycles. The van der Waals surface area contributed by atoms with Gasteiger partial charge in [-0.15, -0.1) is 0 Å². The van der Waals surface area contributed by atoms with Crippen LogP contribution >= 0.6 is 0 Å². The van der Waals surface area contributed by atoms with Gasteiger partial charge in [-0.3, -0.25) is 9.59 Å². The molecular formula is C21H28O4. The second-order valence-corrected chi connectivity index (χ2v) is 9.66. The summed E-state index contributed by atoms with van der Waals surface area (Å²) in [5.41, 5.74) is 0.687. The van der Waals surface area contributed by atoms with Crippen LogP contribution in [0.4, 0.5) is 0 Å². The predicted octanol–water partition coefficient (Wildman–Crippen LogP) is 3.50. The van der Waals surface area contributed by atoms with E-state index < -0.39 is 5.41 Å². The summed E-state index contributed by atoms with van der Waals surface area (Å²) in [5.74, 6) is 0.696. The molecule has 5 aliphatic rings. The first-order valence-electron chi connectivity index (χ1n) is 9.82. The summed E-state index contributed by atoms with van der Waals surface area (Å²) in [6, 6.07) is 0. The molecular weight excluding hydrogens is 316 g/mol. The van der Waals surface area contributed by atoms with Gasteiger partial charge in [-0.05, 0) is 68.6 Å². The van der Waals surface area contributed by atoms with E-state index in [4.69, 9.17) is 9.47 Å². The van der Waals surface area contributed by atoms with E-state index in [1.165, 1.54) is 19.1 Å². The lowest BCUT2D eigenvalue weighted by Crippen LogP contribution is -2.58. The molecule has 0 aromatic carbocycles. The Balaban J connectivity index is 1.74. The SMILES string of the molecule is C=C1C[C@]23C[C@H]1CC[C@H]2[C@@]12CCC[C@@](C)(C(=O)OC1)[C@H]2[C@@H]3C(=O)OC.